The summed E-state index contributed by atoms with van der Waals surface area (Å²) < 4.78 is 0. The molecule has 8 nitrogen and oxygen atoms in total. The third-order valence-electron chi connectivity index (χ3n) is 4.85. The number of amides is 2. The molecule has 5 rings (SSSR count). The van der Waals surface area contributed by atoms with Crippen molar-refractivity contribution in [2.24, 2.45) is 0 Å². The van der Waals surface area contributed by atoms with Crippen LogP contribution in [0.1, 0.15) is 6.92 Å². The van der Waals surface area contributed by atoms with Crippen molar-refractivity contribution in [1.29, 1.82) is 0 Å². The molecular weight excluding hydrogens is 378 g/mol. The fraction of sp³-hybridized carbons (Fsp3) is 0.0909. The highest BCUT2D eigenvalue weighted by atomic mass is 16.2. The average molecular weight is 397 g/mol. The molecule has 0 saturated heterocycles. The third kappa shape index (κ3) is 3.24. The lowest BCUT2D eigenvalue weighted by Crippen LogP contribution is -2.28. The van der Waals surface area contributed by atoms with E-state index in [1.807, 2.05) is 31.3 Å². The fourth-order valence-electron chi connectivity index (χ4n) is 3.50. The molecule has 0 saturated carbocycles. The van der Waals surface area contributed by atoms with Gasteiger partial charge in [-0.05, 0) is 59.8 Å². The average Bonchev–Trinajstić information content (AvgIpc) is 3.39. The van der Waals surface area contributed by atoms with Crippen LogP contribution in [0.15, 0.2) is 61.1 Å². The van der Waals surface area contributed by atoms with Crippen molar-refractivity contribution in [3.63, 3.8) is 0 Å². The number of hydrogen-bond donors (Lipinski definition) is 4. The number of H-pyrrole nitrogens is 2. The topological polar surface area (TPSA) is 111 Å². The zero-order valence-electron chi connectivity index (χ0n) is 16.2. The van der Waals surface area contributed by atoms with Crippen molar-refractivity contribution in [3.05, 3.63) is 61.1 Å². The van der Waals surface area contributed by atoms with Crippen LogP contribution in [0.5, 0.6) is 0 Å². The molecule has 2 aromatic carbocycles. The summed E-state index contributed by atoms with van der Waals surface area (Å²) in [6, 6.07) is 13.8. The normalized spacial score (nSPS) is 11.1. The van der Waals surface area contributed by atoms with E-state index in [0.29, 0.717) is 23.8 Å². The predicted molar refractivity (Wildman–Crippen MR) is 117 cm³/mol. The Kier molecular flexibility index (Phi) is 4.36. The summed E-state index contributed by atoms with van der Waals surface area (Å²) in [4.78, 5) is 31.7. The van der Waals surface area contributed by atoms with Crippen molar-refractivity contribution in [2.45, 2.75) is 6.92 Å². The second kappa shape index (κ2) is 7.32. The van der Waals surface area contributed by atoms with Gasteiger partial charge in [0.25, 0.3) is 0 Å². The number of rotatable bonds is 4. The maximum absolute atomic E-state index is 11.9. The van der Waals surface area contributed by atoms with Gasteiger partial charge in [-0.1, -0.05) is 6.07 Å². The molecule has 0 aliphatic heterocycles. The largest absolute Gasteiger partial charge is 0.361 e. The molecule has 30 heavy (non-hydrogen) atoms. The smallest absolute Gasteiger partial charge is 0.321 e. The minimum absolute atomic E-state index is 0.313. The lowest BCUT2D eigenvalue weighted by Gasteiger charge is -2.07. The molecule has 148 valence electrons. The summed E-state index contributed by atoms with van der Waals surface area (Å²) in [5.74, 6) is 0.939. The van der Waals surface area contributed by atoms with E-state index in [0.717, 1.165) is 33.1 Å². The van der Waals surface area contributed by atoms with Crippen molar-refractivity contribution in [3.8, 4) is 22.5 Å². The van der Waals surface area contributed by atoms with Crippen LogP contribution in [0, 0.1) is 0 Å². The summed E-state index contributed by atoms with van der Waals surface area (Å²) in [5.41, 5.74) is 5.42. The maximum Gasteiger partial charge on any atom is 0.321 e. The Labute approximate surface area is 171 Å². The lowest BCUT2D eigenvalue weighted by atomic mass is 10.00. The number of aromatic nitrogens is 5. The second-order valence-electron chi connectivity index (χ2n) is 6.84. The number of fused-ring (bicyclic) bond motifs is 2. The number of imidazole rings is 1. The van der Waals surface area contributed by atoms with Crippen LogP contribution >= 0.6 is 0 Å². The van der Waals surface area contributed by atoms with E-state index in [1.165, 1.54) is 0 Å². The van der Waals surface area contributed by atoms with Crippen LogP contribution < -0.4 is 10.6 Å². The zero-order chi connectivity index (χ0) is 20.5. The molecule has 0 radical (unpaired) electrons. The number of urea groups is 1. The van der Waals surface area contributed by atoms with Gasteiger partial charge >= 0.3 is 6.03 Å². The third-order valence-corrected chi connectivity index (χ3v) is 4.85. The summed E-state index contributed by atoms with van der Waals surface area (Å²) >= 11 is 0. The molecule has 2 amide bonds. The molecule has 0 unspecified atom stereocenters. The van der Waals surface area contributed by atoms with E-state index in [2.05, 4.69) is 53.8 Å². The highest BCUT2D eigenvalue weighted by Gasteiger charge is 2.15. The second-order valence-corrected chi connectivity index (χ2v) is 6.84. The van der Waals surface area contributed by atoms with Crippen LogP contribution in [-0.2, 0) is 0 Å². The molecule has 8 heteroatoms. The van der Waals surface area contributed by atoms with Gasteiger partial charge < -0.3 is 15.3 Å². The highest BCUT2D eigenvalue weighted by Crippen LogP contribution is 2.33. The number of nitrogens with one attached hydrogen (secondary N) is 4. The fourth-order valence-corrected chi connectivity index (χ4v) is 3.50. The molecule has 0 bridgehead atoms. The van der Waals surface area contributed by atoms with Crippen LogP contribution in [-0.4, -0.2) is 37.5 Å². The van der Waals surface area contributed by atoms with Gasteiger partial charge in [0.15, 0.2) is 5.82 Å². The summed E-state index contributed by atoms with van der Waals surface area (Å²) in [5, 5.41) is 6.56. The monoisotopic (exact) mass is 397 g/mol. The van der Waals surface area contributed by atoms with Gasteiger partial charge in [-0.3, -0.25) is 5.32 Å². The molecule has 0 spiro atoms. The van der Waals surface area contributed by atoms with Gasteiger partial charge in [0.1, 0.15) is 5.52 Å². The van der Waals surface area contributed by atoms with Gasteiger partial charge in [0.2, 0.25) is 5.95 Å². The molecular formula is C22H19N7O. The number of anilines is 1. The Balaban J connectivity index is 1.67. The molecule has 3 heterocycles. The lowest BCUT2D eigenvalue weighted by molar-refractivity contribution is 0.252. The van der Waals surface area contributed by atoms with Crippen molar-refractivity contribution >= 4 is 33.9 Å². The minimum atomic E-state index is -0.313. The van der Waals surface area contributed by atoms with Crippen molar-refractivity contribution in [2.75, 3.05) is 11.9 Å². The van der Waals surface area contributed by atoms with Crippen molar-refractivity contribution < 1.29 is 4.79 Å². The van der Waals surface area contributed by atoms with Crippen LogP contribution in [0.2, 0.25) is 0 Å². The number of carbonyl (C=O) groups is 1. The first-order valence-electron chi connectivity index (χ1n) is 9.65. The first-order valence-corrected chi connectivity index (χ1v) is 9.65. The van der Waals surface area contributed by atoms with Crippen LogP contribution in [0.3, 0.4) is 0 Å². The number of hydrogen-bond acceptors (Lipinski definition) is 4. The Morgan fingerprint density at radius 1 is 1.03 bits per heavy atom. The Morgan fingerprint density at radius 3 is 2.73 bits per heavy atom. The molecule has 5 aromatic rings. The first-order chi connectivity index (χ1) is 14.7. The van der Waals surface area contributed by atoms with Crippen molar-refractivity contribution in [1.82, 2.24) is 30.2 Å². The molecule has 0 atom stereocenters. The Bertz CT molecular complexity index is 1350. The van der Waals surface area contributed by atoms with Crippen LogP contribution in [0.25, 0.3) is 44.5 Å². The molecule has 4 N–H and O–H groups in total. The van der Waals surface area contributed by atoms with E-state index < -0.39 is 0 Å². The van der Waals surface area contributed by atoms with Gasteiger partial charge in [0.05, 0.1) is 5.52 Å². The van der Waals surface area contributed by atoms with Gasteiger partial charge in [-0.25, -0.2) is 19.7 Å². The molecule has 0 aliphatic carbocycles. The predicted octanol–water partition coefficient (Wildman–Crippen LogP) is 4.31. The quantitative estimate of drug-likeness (QED) is 0.362. The zero-order valence-corrected chi connectivity index (χ0v) is 16.2. The SMILES string of the molecule is CCNC(=O)Nc1nc2c(-c3ncccn3)cc(-c3ccc4[nH]ccc4c3)cc2[nH]1. The first kappa shape index (κ1) is 17.9. The van der Waals surface area contributed by atoms with E-state index in [1.54, 1.807) is 18.5 Å². The van der Waals surface area contributed by atoms with Gasteiger partial charge in [0, 0.05) is 36.2 Å². The number of carbonyl (C=O) groups excluding carboxylic acids is 1. The Morgan fingerprint density at radius 2 is 1.90 bits per heavy atom. The van der Waals surface area contributed by atoms with E-state index in [9.17, 15) is 4.79 Å². The molecule has 3 aromatic heterocycles. The number of benzene rings is 2. The summed E-state index contributed by atoms with van der Waals surface area (Å²) in [6.45, 7) is 2.39. The van der Waals surface area contributed by atoms with Gasteiger partial charge in [-0.15, -0.1) is 0 Å². The number of nitrogens with zero attached hydrogens (tertiary/aromatic N) is 3. The van der Waals surface area contributed by atoms with Gasteiger partial charge in [-0.2, -0.15) is 0 Å². The molecule has 0 fully saturated rings. The number of aromatic amines is 2. The van der Waals surface area contributed by atoms with E-state index in [-0.39, 0.29) is 6.03 Å². The summed E-state index contributed by atoms with van der Waals surface area (Å²) in [7, 11) is 0. The molecule has 0 aliphatic rings. The van der Waals surface area contributed by atoms with E-state index >= 15 is 0 Å². The Hall–Kier alpha value is -4.20. The summed E-state index contributed by atoms with van der Waals surface area (Å²) in [6.07, 6.45) is 5.33. The highest BCUT2D eigenvalue weighted by molar-refractivity contribution is 5.98. The van der Waals surface area contributed by atoms with E-state index in [4.69, 9.17) is 0 Å². The standard InChI is InChI=1S/C22H19N7O/c1-2-23-22(30)29-21-27-18-12-15(13-4-5-17-14(10-13)6-9-24-17)11-16(19(18)28-21)20-25-7-3-8-26-20/h3-12,24H,2H2,1H3,(H3,23,27,28,29,30). The van der Waals surface area contributed by atoms with Crippen LogP contribution in [0.4, 0.5) is 10.7 Å². The minimum Gasteiger partial charge on any atom is -0.361 e. The maximum atomic E-state index is 11.9.